The normalized spacial score (nSPS) is 66.7. The van der Waals surface area contributed by atoms with E-state index in [4.69, 9.17) is 5.48 Å². The van der Waals surface area contributed by atoms with E-state index in [0.29, 0.717) is 31.1 Å². The third kappa shape index (κ3) is 2.27. The van der Waals surface area contributed by atoms with Crippen molar-refractivity contribution in [1.82, 2.24) is 0 Å². The molecule has 2 heteroatoms. The van der Waals surface area contributed by atoms with Gasteiger partial charge in [-0.2, -0.15) is 0 Å². The van der Waals surface area contributed by atoms with Crippen LogP contribution < -0.4 is 0 Å². The molecule has 0 spiro atoms. The summed E-state index contributed by atoms with van der Waals surface area (Å²) in [5.74, 6) is -2.16. The van der Waals surface area contributed by atoms with Crippen molar-refractivity contribution in [3.63, 3.8) is 0 Å². The lowest BCUT2D eigenvalue weighted by atomic mass is 9.44. The molecule has 24 heavy (non-hydrogen) atoms. The van der Waals surface area contributed by atoms with E-state index in [-0.39, 0.29) is 11.3 Å². The van der Waals surface area contributed by atoms with Gasteiger partial charge in [-0.3, -0.25) is 4.79 Å². The molecule has 4 aliphatic carbocycles. The van der Waals surface area contributed by atoms with Crippen LogP contribution in [-0.4, -0.2) is 16.5 Å². The van der Waals surface area contributed by atoms with E-state index in [0.717, 1.165) is 38.5 Å². The maximum absolute atomic E-state index is 12.8. The van der Waals surface area contributed by atoms with Crippen molar-refractivity contribution in [1.29, 1.82) is 0 Å². The Bertz CT molecular complexity index is 720. The fourth-order valence-corrected chi connectivity index (χ4v) is 7.28. The highest BCUT2D eigenvalue weighted by atomic mass is 16.3. The fourth-order valence-electron chi connectivity index (χ4n) is 7.28. The van der Waals surface area contributed by atoms with Gasteiger partial charge < -0.3 is 5.11 Å². The third-order valence-corrected chi connectivity index (χ3v) is 8.68. The number of carbonyl (C=O) groups is 1. The number of rotatable bonds is 1. The number of ketones is 1. The van der Waals surface area contributed by atoms with Gasteiger partial charge in [0.25, 0.3) is 0 Å². The van der Waals surface area contributed by atoms with Crippen LogP contribution in [-0.2, 0) is 4.79 Å². The van der Waals surface area contributed by atoms with Gasteiger partial charge in [0.1, 0.15) is 5.78 Å². The minimum atomic E-state index is -2.72. The van der Waals surface area contributed by atoms with E-state index < -0.39 is 35.4 Å². The van der Waals surface area contributed by atoms with Crippen LogP contribution in [0.15, 0.2) is 0 Å². The van der Waals surface area contributed by atoms with Crippen LogP contribution >= 0.6 is 0 Å². The van der Waals surface area contributed by atoms with Crippen molar-refractivity contribution in [2.45, 2.75) is 91.0 Å². The van der Waals surface area contributed by atoms with Crippen molar-refractivity contribution in [3.05, 3.63) is 0 Å². The molecule has 0 aromatic carbocycles. The Morgan fingerprint density at radius 2 is 1.75 bits per heavy atom. The molecule has 0 amide bonds. The summed E-state index contributed by atoms with van der Waals surface area (Å²) in [6.45, 7) is 3.37. The molecule has 0 aliphatic heterocycles. The lowest BCUT2D eigenvalue weighted by Crippen LogP contribution is -2.55. The highest BCUT2D eigenvalue weighted by molar-refractivity contribution is 5.79. The first kappa shape index (κ1) is 12.1. The zero-order valence-electron chi connectivity index (χ0n) is 20.5. The summed E-state index contributed by atoms with van der Waals surface area (Å²) in [4.78, 5) is 12.8. The molecular formula is C22H36O2. The second kappa shape index (κ2) is 5.32. The van der Waals surface area contributed by atoms with E-state index in [1.165, 1.54) is 0 Å². The molecule has 1 N–H and O–H groups in total. The van der Waals surface area contributed by atoms with Crippen LogP contribution in [0.3, 0.4) is 0 Å². The molecule has 4 aliphatic rings. The molecule has 0 heterocycles. The Labute approximate surface area is 154 Å². The average Bonchev–Trinajstić information content (AvgIpc) is 2.87. The Balaban J connectivity index is 1.66. The number of hydrogen-bond acceptors (Lipinski definition) is 2. The van der Waals surface area contributed by atoms with Gasteiger partial charge in [0.2, 0.25) is 0 Å². The monoisotopic (exact) mass is 337 g/mol. The average molecular weight is 338 g/mol. The number of Topliss-reactive ketones (excluding diaryl/α,β-unsaturated/α-hetero) is 1. The van der Waals surface area contributed by atoms with Crippen LogP contribution in [0.5, 0.6) is 0 Å². The molecule has 0 radical (unpaired) electrons. The van der Waals surface area contributed by atoms with Crippen LogP contribution in [0.25, 0.3) is 0 Å². The summed E-state index contributed by atoms with van der Waals surface area (Å²) in [5.41, 5.74) is -1.54. The quantitative estimate of drug-likeness (QED) is 0.732. The summed E-state index contributed by atoms with van der Waals surface area (Å²) in [7, 11) is 0. The fraction of sp³-hybridized carbons (Fsp3) is 0.955. The number of carbonyl (C=O) groups excluding carboxylic acids is 1. The minimum Gasteiger partial charge on any atom is -0.390 e. The Morgan fingerprint density at radius 1 is 1.00 bits per heavy atom. The van der Waals surface area contributed by atoms with Crippen LogP contribution in [0.4, 0.5) is 0 Å². The zero-order chi connectivity index (χ0) is 21.7. The molecule has 8 atom stereocenters. The Kier molecular flexibility index (Phi) is 2.68. The Hall–Kier alpha value is -0.370. The van der Waals surface area contributed by atoms with E-state index in [9.17, 15) is 11.3 Å². The number of hydrogen-bond donors (Lipinski definition) is 1. The molecule has 4 rings (SSSR count). The lowest BCUT2D eigenvalue weighted by Gasteiger charge is -2.61. The van der Waals surface area contributed by atoms with E-state index in [2.05, 4.69) is 6.92 Å². The smallest absolute Gasteiger partial charge is 0.133 e. The second-order valence-electron chi connectivity index (χ2n) is 9.91. The van der Waals surface area contributed by atoms with Gasteiger partial charge in [0.15, 0.2) is 0 Å². The van der Waals surface area contributed by atoms with Crippen molar-refractivity contribution < 1.29 is 16.8 Å². The molecule has 4 saturated carbocycles. The Morgan fingerprint density at radius 3 is 2.50 bits per heavy atom. The van der Waals surface area contributed by atoms with Gasteiger partial charge in [-0.05, 0) is 106 Å². The first-order valence-electron chi connectivity index (χ1n) is 12.4. The molecule has 136 valence electrons. The lowest BCUT2D eigenvalue weighted by molar-refractivity contribution is -0.150. The van der Waals surface area contributed by atoms with Gasteiger partial charge >= 0.3 is 0 Å². The zero-order valence-corrected chi connectivity index (χ0v) is 15.5. The predicted octanol–water partition coefficient (Wildman–Crippen LogP) is 4.99. The molecule has 0 aromatic heterocycles. The molecule has 0 aromatic rings. The van der Waals surface area contributed by atoms with Gasteiger partial charge in [0, 0.05) is 12.7 Å². The SMILES string of the molecule is [2H]C([2H])([2H])C(=O)[C@@]1([2H])CC[C@H]2[C@@H]3CC[C@]4([2H])C[C@@](C)(O)CC[C@]4(C)[C@H]3CC[C@@]21C. The van der Waals surface area contributed by atoms with Gasteiger partial charge in [-0.25, -0.2) is 0 Å². The highest BCUT2D eigenvalue weighted by Crippen LogP contribution is 2.68. The topological polar surface area (TPSA) is 37.3 Å². The molecular weight excluding hydrogens is 296 g/mol. The summed E-state index contributed by atoms with van der Waals surface area (Å²) in [5, 5.41) is 10.7. The van der Waals surface area contributed by atoms with Crippen molar-refractivity contribution in [2.24, 2.45) is 40.4 Å². The van der Waals surface area contributed by atoms with E-state index in [1.54, 1.807) is 0 Å². The van der Waals surface area contributed by atoms with Crippen molar-refractivity contribution in [2.75, 3.05) is 0 Å². The standard InChI is InChI=1S/C22H36O2/c1-14(23)17-7-8-18-16-6-5-15-13-20(2,24)11-12-21(15,3)19(16)9-10-22(17,18)4/h15-19,24H,5-13H2,1-4H3/t15-,16+,17-,18+,19+,20+,21+,22-/m1/s1/i1D3,15D,17D. The van der Waals surface area contributed by atoms with Gasteiger partial charge in [-0.1, -0.05) is 13.8 Å². The first-order valence-corrected chi connectivity index (χ1v) is 9.87. The van der Waals surface area contributed by atoms with Gasteiger partial charge in [0.05, 0.1) is 5.60 Å². The van der Waals surface area contributed by atoms with Gasteiger partial charge in [-0.15, -0.1) is 0 Å². The maximum atomic E-state index is 12.8. The van der Waals surface area contributed by atoms with E-state index in [1.807, 2.05) is 13.8 Å². The summed E-state index contributed by atoms with van der Waals surface area (Å²) < 4.78 is 41.2. The number of fused-ring (bicyclic) bond motifs is 5. The maximum Gasteiger partial charge on any atom is 0.133 e. The molecule has 2 nitrogen and oxygen atoms in total. The van der Waals surface area contributed by atoms with Crippen LogP contribution in [0, 0.1) is 40.4 Å². The summed E-state index contributed by atoms with van der Waals surface area (Å²) in [6, 6.07) is 0. The molecule has 0 bridgehead atoms. The van der Waals surface area contributed by atoms with E-state index >= 15 is 0 Å². The second-order valence-corrected chi connectivity index (χ2v) is 9.91. The number of aliphatic hydroxyl groups is 1. The van der Waals surface area contributed by atoms with Crippen molar-refractivity contribution >= 4 is 5.78 Å². The largest absolute Gasteiger partial charge is 0.390 e. The van der Waals surface area contributed by atoms with Crippen LogP contribution in [0.1, 0.15) is 92.3 Å². The molecule has 0 saturated heterocycles. The molecule has 0 unspecified atom stereocenters. The predicted molar refractivity (Wildman–Crippen MR) is 96.5 cm³/mol. The van der Waals surface area contributed by atoms with Crippen molar-refractivity contribution in [3.8, 4) is 0 Å². The van der Waals surface area contributed by atoms with Crippen LogP contribution in [0.2, 0.25) is 0 Å². The highest BCUT2D eigenvalue weighted by Gasteiger charge is 2.61. The first-order chi connectivity index (χ1) is 13.1. The third-order valence-electron chi connectivity index (χ3n) is 8.68. The summed E-state index contributed by atoms with van der Waals surface area (Å²) >= 11 is 0. The molecule has 4 fully saturated rings. The summed E-state index contributed by atoms with van der Waals surface area (Å²) in [6.07, 6.45) is 6.32. The minimum absolute atomic E-state index is 0.166.